The minimum Gasteiger partial charge on any atom is -0.325 e. The van der Waals surface area contributed by atoms with E-state index in [1.807, 2.05) is 6.07 Å². The lowest BCUT2D eigenvalue weighted by molar-refractivity contribution is -0.113. The van der Waals surface area contributed by atoms with Gasteiger partial charge in [0.25, 0.3) is 0 Å². The first-order chi connectivity index (χ1) is 8.78. The third kappa shape index (κ3) is 3.55. The first-order valence-electron chi connectivity index (χ1n) is 4.97. The highest BCUT2D eigenvalue weighted by molar-refractivity contribution is 8.01. The monoisotopic (exact) mass is 276 g/mol. The van der Waals surface area contributed by atoms with Crippen LogP contribution in [-0.4, -0.2) is 21.0 Å². The third-order valence-corrected chi connectivity index (χ3v) is 3.74. The second-order valence-corrected chi connectivity index (χ2v) is 5.24. The van der Waals surface area contributed by atoms with Gasteiger partial charge in [-0.25, -0.2) is 4.98 Å². The summed E-state index contributed by atoms with van der Waals surface area (Å²) >= 11 is 2.59. The molecule has 90 valence electrons. The molecule has 0 aliphatic carbocycles. The van der Waals surface area contributed by atoms with Crippen molar-refractivity contribution in [2.24, 2.45) is 0 Å². The summed E-state index contributed by atoms with van der Waals surface area (Å²) < 4.78 is 4.61. The fraction of sp³-hybridized carbons (Fsp3) is 0.0909. The van der Waals surface area contributed by atoms with Crippen LogP contribution in [0.4, 0.5) is 5.69 Å². The molecule has 2 aromatic rings. The van der Waals surface area contributed by atoms with Crippen molar-refractivity contribution in [3.63, 3.8) is 0 Å². The Hall–Kier alpha value is -1.91. The maximum Gasteiger partial charge on any atom is 0.234 e. The van der Waals surface area contributed by atoms with E-state index >= 15 is 0 Å². The SMILES string of the molecule is N#Cc1cccc(NC(=O)CSc2ncns2)c1. The Morgan fingerprint density at radius 3 is 3.17 bits per heavy atom. The van der Waals surface area contributed by atoms with Gasteiger partial charge in [0.15, 0.2) is 4.34 Å². The molecule has 5 nitrogen and oxygen atoms in total. The molecule has 0 fully saturated rings. The van der Waals surface area contributed by atoms with Gasteiger partial charge in [-0.1, -0.05) is 17.8 Å². The van der Waals surface area contributed by atoms with Crippen LogP contribution in [0.2, 0.25) is 0 Å². The van der Waals surface area contributed by atoms with Crippen molar-refractivity contribution in [2.45, 2.75) is 4.34 Å². The fourth-order valence-electron chi connectivity index (χ4n) is 1.22. The van der Waals surface area contributed by atoms with E-state index in [9.17, 15) is 4.79 Å². The van der Waals surface area contributed by atoms with E-state index < -0.39 is 0 Å². The minimum atomic E-state index is -0.134. The first kappa shape index (κ1) is 12.5. The van der Waals surface area contributed by atoms with Crippen molar-refractivity contribution in [3.05, 3.63) is 36.2 Å². The van der Waals surface area contributed by atoms with Gasteiger partial charge in [-0.3, -0.25) is 4.79 Å². The van der Waals surface area contributed by atoms with Crippen LogP contribution in [0.25, 0.3) is 0 Å². The van der Waals surface area contributed by atoms with Crippen molar-refractivity contribution >= 4 is 34.9 Å². The van der Waals surface area contributed by atoms with Crippen LogP contribution in [0.15, 0.2) is 34.9 Å². The molecule has 0 saturated carbocycles. The summed E-state index contributed by atoms with van der Waals surface area (Å²) in [6.45, 7) is 0. The van der Waals surface area contributed by atoms with Gasteiger partial charge in [-0.05, 0) is 29.7 Å². The van der Waals surface area contributed by atoms with E-state index in [4.69, 9.17) is 5.26 Å². The molecular formula is C11H8N4OS2. The number of rotatable bonds is 4. The number of amides is 1. The number of carbonyl (C=O) groups excluding carboxylic acids is 1. The van der Waals surface area contributed by atoms with Crippen molar-refractivity contribution in [1.82, 2.24) is 9.36 Å². The highest BCUT2D eigenvalue weighted by atomic mass is 32.2. The molecule has 0 aliphatic rings. The molecule has 1 heterocycles. The normalized spacial score (nSPS) is 9.72. The number of nitrogens with zero attached hydrogens (tertiary/aromatic N) is 3. The molecule has 0 unspecified atom stereocenters. The van der Waals surface area contributed by atoms with Crippen LogP contribution in [-0.2, 0) is 4.79 Å². The van der Waals surface area contributed by atoms with E-state index in [-0.39, 0.29) is 11.7 Å². The maximum atomic E-state index is 11.6. The second kappa shape index (κ2) is 6.14. The van der Waals surface area contributed by atoms with Gasteiger partial charge in [0.1, 0.15) is 6.33 Å². The molecule has 0 atom stereocenters. The number of anilines is 1. The van der Waals surface area contributed by atoms with Crippen molar-refractivity contribution < 1.29 is 4.79 Å². The Labute approximate surface area is 112 Å². The Kier molecular flexibility index (Phi) is 4.28. The molecule has 0 aliphatic heterocycles. The average molecular weight is 276 g/mol. The Balaban J connectivity index is 1.89. The molecule has 18 heavy (non-hydrogen) atoms. The molecule has 1 amide bonds. The third-order valence-electron chi connectivity index (χ3n) is 1.94. The van der Waals surface area contributed by atoms with E-state index in [1.54, 1.807) is 24.3 Å². The number of carbonyl (C=O) groups is 1. The average Bonchev–Trinajstić information content (AvgIpc) is 2.90. The van der Waals surface area contributed by atoms with Gasteiger partial charge in [0, 0.05) is 5.69 Å². The number of hydrogen-bond acceptors (Lipinski definition) is 6. The van der Waals surface area contributed by atoms with Crippen molar-refractivity contribution in [3.8, 4) is 6.07 Å². The largest absolute Gasteiger partial charge is 0.325 e. The van der Waals surface area contributed by atoms with Crippen LogP contribution >= 0.6 is 23.3 Å². The summed E-state index contributed by atoms with van der Waals surface area (Å²) in [5, 5.41) is 11.5. The van der Waals surface area contributed by atoms with Gasteiger partial charge in [0.2, 0.25) is 5.91 Å². The first-order valence-corrected chi connectivity index (χ1v) is 6.73. The second-order valence-electron chi connectivity index (χ2n) is 3.24. The summed E-state index contributed by atoms with van der Waals surface area (Å²) in [5.41, 5.74) is 1.14. The maximum absolute atomic E-state index is 11.6. The number of benzene rings is 1. The highest BCUT2D eigenvalue weighted by Gasteiger charge is 2.05. The lowest BCUT2D eigenvalue weighted by Crippen LogP contribution is -2.13. The van der Waals surface area contributed by atoms with Crippen LogP contribution in [0.3, 0.4) is 0 Å². The molecule has 2 rings (SSSR count). The zero-order valence-corrected chi connectivity index (χ0v) is 10.8. The highest BCUT2D eigenvalue weighted by Crippen LogP contribution is 2.18. The number of hydrogen-bond donors (Lipinski definition) is 1. The van der Waals surface area contributed by atoms with Crippen LogP contribution in [0, 0.1) is 11.3 Å². The topological polar surface area (TPSA) is 78.7 Å². The molecule has 1 N–H and O–H groups in total. The van der Waals surface area contributed by atoms with Gasteiger partial charge in [-0.15, -0.1) is 0 Å². The molecule has 0 bridgehead atoms. The summed E-state index contributed by atoms with van der Waals surface area (Å²) in [5.74, 6) is 0.136. The molecule has 7 heteroatoms. The lowest BCUT2D eigenvalue weighted by atomic mass is 10.2. The standard InChI is InChI=1S/C11H8N4OS2/c12-5-8-2-1-3-9(4-8)15-10(16)6-17-11-13-7-14-18-11/h1-4,7H,6H2,(H,15,16). The summed E-state index contributed by atoms with van der Waals surface area (Å²) in [7, 11) is 0. The van der Waals surface area contributed by atoms with Gasteiger partial charge >= 0.3 is 0 Å². The van der Waals surface area contributed by atoms with E-state index in [1.165, 1.54) is 29.6 Å². The van der Waals surface area contributed by atoms with Gasteiger partial charge in [-0.2, -0.15) is 9.64 Å². The summed E-state index contributed by atoms with van der Waals surface area (Å²) in [4.78, 5) is 15.6. The van der Waals surface area contributed by atoms with Gasteiger partial charge in [0.05, 0.1) is 17.4 Å². The summed E-state index contributed by atoms with van der Waals surface area (Å²) in [6.07, 6.45) is 1.46. The Morgan fingerprint density at radius 2 is 2.44 bits per heavy atom. The van der Waals surface area contributed by atoms with E-state index in [0.29, 0.717) is 11.3 Å². The molecule has 0 spiro atoms. The number of nitrogens with one attached hydrogen (secondary N) is 1. The van der Waals surface area contributed by atoms with E-state index in [2.05, 4.69) is 14.7 Å². The molecule has 0 radical (unpaired) electrons. The smallest absolute Gasteiger partial charge is 0.234 e. The Bertz CT molecular complexity index is 577. The summed E-state index contributed by atoms with van der Waals surface area (Å²) in [6, 6.07) is 8.81. The van der Waals surface area contributed by atoms with Crippen LogP contribution < -0.4 is 5.32 Å². The molecule has 1 aromatic heterocycles. The quantitative estimate of drug-likeness (QED) is 0.865. The molecular weight excluding hydrogens is 268 g/mol. The van der Waals surface area contributed by atoms with Gasteiger partial charge < -0.3 is 5.32 Å². The number of nitriles is 1. The molecule has 1 aromatic carbocycles. The lowest BCUT2D eigenvalue weighted by Gasteiger charge is -2.03. The zero-order valence-electron chi connectivity index (χ0n) is 9.16. The van der Waals surface area contributed by atoms with Crippen LogP contribution in [0.1, 0.15) is 5.56 Å². The zero-order chi connectivity index (χ0) is 12.8. The number of thioether (sulfide) groups is 1. The molecule has 0 saturated heterocycles. The van der Waals surface area contributed by atoms with Crippen LogP contribution in [0.5, 0.6) is 0 Å². The van der Waals surface area contributed by atoms with Crippen molar-refractivity contribution in [2.75, 3.05) is 11.1 Å². The van der Waals surface area contributed by atoms with E-state index in [0.717, 1.165) is 4.34 Å². The number of aromatic nitrogens is 2. The van der Waals surface area contributed by atoms with Crippen molar-refractivity contribution in [1.29, 1.82) is 5.26 Å². The Morgan fingerprint density at radius 1 is 1.56 bits per heavy atom. The predicted octanol–water partition coefficient (Wildman–Crippen LogP) is 2.14. The minimum absolute atomic E-state index is 0.134. The fourth-order valence-corrected chi connectivity index (χ4v) is 2.46. The predicted molar refractivity (Wildman–Crippen MR) is 70.4 cm³/mol.